The summed E-state index contributed by atoms with van der Waals surface area (Å²) in [5.74, 6) is 0.689. The molecule has 4 fully saturated rings. The second-order valence-electron chi connectivity index (χ2n) is 15.5. The van der Waals surface area contributed by atoms with E-state index in [9.17, 15) is 15.3 Å². The molecule has 4 saturated carbocycles. The van der Waals surface area contributed by atoms with Crippen molar-refractivity contribution in [1.29, 1.82) is 0 Å². The van der Waals surface area contributed by atoms with Crippen LogP contribution in [0.4, 0.5) is 0 Å². The fraction of sp³-hybridized carbons (Fsp3) is 0.933. The van der Waals surface area contributed by atoms with Gasteiger partial charge in [-0.1, -0.05) is 67.0 Å². The Balaban J connectivity index is 1.67. The number of aliphatic hydroxyl groups excluding tert-OH is 2. The van der Waals surface area contributed by atoms with Crippen LogP contribution < -0.4 is 0 Å². The molecular weight excluding hydrogens is 408 g/mol. The maximum absolute atomic E-state index is 12.9. The lowest BCUT2D eigenvalue weighted by atomic mass is 9.31. The van der Waals surface area contributed by atoms with Gasteiger partial charge in [0.2, 0.25) is 0 Å². The van der Waals surface area contributed by atoms with Crippen LogP contribution in [-0.4, -0.2) is 33.1 Å². The Morgan fingerprint density at radius 1 is 0.788 bits per heavy atom. The smallest absolute Gasteiger partial charge is 0.106 e. The largest absolute Gasteiger partial charge is 0.393 e. The second kappa shape index (κ2) is 6.68. The number of aliphatic hydroxyl groups is 3. The summed E-state index contributed by atoms with van der Waals surface area (Å²) in [6.07, 6.45) is 10.4. The molecule has 0 amide bonds. The topological polar surface area (TPSA) is 60.7 Å². The zero-order valence-electron chi connectivity index (χ0n) is 22.6. The van der Waals surface area contributed by atoms with Gasteiger partial charge in [0, 0.05) is 10.8 Å². The van der Waals surface area contributed by atoms with Crippen LogP contribution in [-0.2, 0) is 0 Å². The van der Waals surface area contributed by atoms with Gasteiger partial charge in [-0.25, -0.2) is 0 Å². The van der Waals surface area contributed by atoms with Gasteiger partial charge in [0.05, 0.1) is 6.10 Å². The molecule has 5 aliphatic rings. The van der Waals surface area contributed by atoms with Gasteiger partial charge in [-0.15, -0.1) is 0 Å². The maximum Gasteiger partial charge on any atom is 0.106 e. The first kappa shape index (κ1) is 24.3. The van der Waals surface area contributed by atoms with Crippen LogP contribution in [0.15, 0.2) is 11.6 Å². The van der Waals surface area contributed by atoms with Crippen molar-refractivity contribution in [3.05, 3.63) is 11.6 Å². The lowest BCUT2D eigenvalue weighted by Gasteiger charge is -2.75. The van der Waals surface area contributed by atoms with E-state index in [1.54, 1.807) is 0 Å². The maximum atomic E-state index is 12.9. The SMILES string of the molecule is CC1(C)CC[C@]2(C)CC[C@]3(C)C(=C[C@@H](O)[C@@]4(O)[C@@]3(C)CC[C@H]3C(C)(C)[C@@H](O)CC[C@@]34C)[C@@H]2C1. The average Bonchev–Trinajstić information content (AvgIpc) is 2.71. The minimum atomic E-state index is -1.18. The summed E-state index contributed by atoms with van der Waals surface area (Å²) in [4.78, 5) is 0. The van der Waals surface area contributed by atoms with Crippen LogP contribution >= 0.6 is 0 Å². The van der Waals surface area contributed by atoms with Gasteiger partial charge in [-0.2, -0.15) is 0 Å². The van der Waals surface area contributed by atoms with Crippen LogP contribution in [0.1, 0.15) is 113 Å². The van der Waals surface area contributed by atoms with Crippen molar-refractivity contribution in [1.82, 2.24) is 0 Å². The van der Waals surface area contributed by atoms with Crippen molar-refractivity contribution < 1.29 is 15.3 Å². The highest BCUT2D eigenvalue weighted by Crippen LogP contribution is 2.76. The Morgan fingerprint density at radius 2 is 1.42 bits per heavy atom. The van der Waals surface area contributed by atoms with Crippen LogP contribution in [0.3, 0.4) is 0 Å². The lowest BCUT2D eigenvalue weighted by molar-refractivity contribution is -0.316. The Morgan fingerprint density at radius 3 is 2.09 bits per heavy atom. The Labute approximate surface area is 202 Å². The normalized spacial score (nSPS) is 57.1. The predicted octanol–water partition coefficient (Wildman–Crippen LogP) is 6.25. The standard InChI is InChI=1S/C30H50O3/c1-24(2)13-14-26(5)15-16-27(6)19(20(26)18-24)17-23(32)30(33)28(7)11-10-22(31)25(3,4)21(28)9-12-29(27,30)8/h17,20-23,31-33H,9-16,18H2,1-8H3/t20-,21-,22-,23+,26+,27+,28-,29-,30-/m0/s1. The molecule has 0 bridgehead atoms. The molecule has 3 nitrogen and oxygen atoms in total. The number of hydrogen-bond donors (Lipinski definition) is 3. The molecule has 0 aliphatic heterocycles. The summed E-state index contributed by atoms with van der Waals surface area (Å²) in [5.41, 5.74) is -0.242. The van der Waals surface area contributed by atoms with Crippen LogP contribution in [0.25, 0.3) is 0 Å². The lowest BCUT2D eigenvalue weighted by Crippen LogP contribution is -2.77. The van der Waals surface area contributed by atoms with Crippen molar-refractivity contribution in [2.75, 3.05) is 0 Å². The van der Waals surface area contributed by atoms with Crippen molar-refractivity contribution in [2.24, 2.45) is 44.3 Å². The summed E-state index contributed by atoms with van der Waals surface area (Å²) < 4.78 is 0. The Kier molecular flexibility index (Phi) is 4.92. The number of allylic oxidation sites excluding steroid dienone is 1. The first-order valence-electron chi connectivity index (χ1n) is 13.8. The van der Waals surface area contributed by atoms with E-state index < -0.39 is 17.1 Å². The number of hydrogen-bond acceptors (Lipinski definition) is 3. The first-order valence-corrected chi connectivity index (χ1v) is 13.8. The molecule has 9 atom stereocenters. The first-order chi connectivity index (χ1) is 15.0. The minimum absolute atomic E-state index is 0.104. The molecule has 5 aliphatic carbocycles. The van der Waals surface area contributed by atoms with Gasteiger partial charge in [0.25, 0.3) is 0 Å². The van der Waals surface area contributed by atoms with Crippen LogP contribution in [0, 0.1) is 44.3 Å². The molecule has 0 radical (unpaired) electrons. The monoisotopic (exact) mass is 458 g/mol. The fourth-order valence-electron chi connectivity index (χ4n) is 10.5. The third kappa shape index (κ3) is 2.69. The van der Waals surface area contributed by atoms with Gasteiger partial charge in [-0.05, 0) is 91.3 Å². The number of fused-ring (bicyclic) bond motifs is 7. The molecule has 188 valence electrons. The van der Waals surface area contributed by atoms with Crippen molar-refractivity contribution in [3.8, 4) is 0 Å². The second-order valence-corrected chi connectivity index (χ2v) is 15.5. The molecule has 33 heavy (non-hydrogen) atoms. The van der Waals surface area contributed by atoms with Gasteiger partial charge < -0.3 is 15.3 Å². The molecule has 5 rings (SSSR count). The highest BCUT2D eigenvalue weighted by molar-refractivity contribution is 5.39. The van der Waals surface area contributed by atoms with Gasteiger partial charge in [0.1, 0.15) is 11.7 Å². The molecule has 0 unspecified atom stereocenters. The summed E-state index contributed by atoms with van der Waals surface area (Å²) in [5, 5.41) is 35.7. The Bertz CT molecular complexity index is 874. The molecule has 0 spiro atoms. The van der Waals surface area contributed by atoms with Crippen LogP contribution in [0.5, 0.6) is 0 Å². The van der Waals surface area contributed by atoms with Gasteiger partial charge >= 0.3 is 0 Å². The minimum Gasteiger partial charge on any atom is -0.393 e. The number of rotatable bonds is 0. The van der Waals surface area contributed by atoms with E-state index in [-0.39, 0.29) is 28.3 Å². The highest BCUT2D eigenvalue weighted by Gasteiger charge is 2.76. The zero-order chi connectivity index (χ0) is 24.5. The zero-order valence-corrected chi connectivity index (χ0v) is 22.6. The third-order valence-electron chi connectivity index (χ3n) is 13.3. The van der Waals surface area contributed by atoms with E-state index in [0.29, 0.717) is 23.2 Å². The third-order valence-corrected chi connectivity index (χ3v) is 13.3. The Hall–Kier alpha value is -0.380. The molecule has 3 heteroatoms. The highest BCUT2D eigenvalue weighted by atomic mass is 16.3. The molecule has 0 heterocycles. The van der Waals surface area contributed by atoms with E-state index in [2.05, 4.69) is 61.5 Å². The quantitative estimate of drug-likeness (QED) is 0.376. The fourth-order valence-corrected chi connectivity index (χ4v) is 10.5. The van der Waals surface area contributed by atoms with Crippen molar-refractivity contribution in [3.63, 3.8) is 0 Å². The van der Waals surface area contributed by atoms with E-state index >= 15 is 0 Å². The predicted molar refractivity (Wildman–Crippen MR) is 134 cm³/mol. The van der Waals surface area contributed by atoms with E-state index in [4.69, 9.17) is 0 Å². The van der Waals surface area contributed by atoms with E-state index in [1.165, 1.54) is 31.3 Å². The molecular formula is C30H50O3. The molecule has 0 aromatic carbocycles. The van der Waals surface area contributed by atoms with Gasteiger partial charge in [0.15, 0.2) is 0 Å². The van der Waals surface area contributed by atoms with Gasteiger partial charge in [-0.3, -0.25) is 0 Å². The van der Waals surface area contributed by atoms with E-state index in [1.807, 2.05) is 0 Å². The van der Waals surface area contributed by atoms with Crippen LogP contribution in [0.2, 0.25) is 0 Å². The molecule has 0 aromatic rings. The van der Waals surface area contributed by atoms with Crippen molar-refractivity contribution >= 4 is 0 Å². The average molecular weight is 459 g/mol. The molecule has 0 aromatic heterocycles. The molecule has 3 N–H and O–H groups in total. The molecule has 0 saturated heterocycles. The summed E-state index contributed by atoms with van der Waals surface area (Å²) >= 11 is 0. The summed E-state index contributed by atoms with van der Waals surface area (Å²) in [7, 11) is 0. The summed E-state index contributed by atoms with van der Waals surface area (Å²) in [6, 6.07) is 0. The van der Waals surface area contributed by atoms with Crippen molar-refractivity contribution in [2.45, 2.75) is 131 Å². The summed E-state index contributed by atoms with van der Waals surface area (Å²) in [6.45, 7) is 18.7. The van der Waals surface area contributed by atoms with E-state index in [0.717, 1.165) is 25.7 Å².